The Labute approximate surface area is 203 Å². The van der Waals surface area contributed by atoms with Gasteiger partial charge >= 0.3 is 0 Å². The van der Waals surface area contributed by atoms with Gasteiger partial charge < -0.3 is 14.7 Å². The Morgan fingerprint density at radius 1 is 1.00 bits per heavy atom. The van der Waals surface area contributed by atoms with Gasteiger partial charge in [-0.2, -0.15) is 0 Å². The average Bonchev–Trinajstić information content (AvgIpc) is 3.45. The van der Waals surface area contributed by atoms with E-state index in [0.29, 0.717) is 24.5 Å². The lowest BCUT2D eigenvalue weighted by Crippen LogP contribution is -2.55. The number of amides is 1. The molecule has 0 fully saturated rings. The van der Waals surface area contributed by atoms with E-state index in [9.17, 15) is 4.79 Å². The lowest BCUT2D eigenvalue weighted by Gasteiger charge is -2.29. The number of fused-ring (bicyclic) bond motifs is 2. The quantitative estimate of drug-likeness (QED) is 0.261. The second-order valence-corrected chi connectivity index (χ2v) is 9.22. The van der Waals surface area contributed by atoms with Gasteiger partial charge in [0.2, 0.25) is 5.91 Å². The Bertz CT molecular complexity index is 1420. The predicted octanol–water partition coefficient (Wildman–Crippen LogP) is 5.97. The molecular weight excluding hydrogens is 446 g/mol. The number of aromatic nitrogens is 1. The molecule has 5 aromatic rings. The van der Waals surface area contributed by atoms with E-state index in [4.69, 9.17) is 16.0 Å². The maximum absolute atomic E-state index is 13.5. The van der Waals surface area contributed by atoms with Crippen LogP contribution in [-0.2, 0) is 24.3 Å². The highest BCUT2D eigenvalue weighted by Crippen LogP contribution is 2.24. The second-order valence-electron chi connectivity index (χ2n) is 8.79. The Hall–Kier alpha value is -3.54. The standard InChI is InChI=1S/C28H26ClN3O2/c1-28(15-21-17-30-25-11-4-3-10-24(21)25,27(33)31-16-19-7-6-9-22(29)13-19)32-18-23-14-20-8-2-5-12-26(20)34-23/h2-14,17,30,32H,15-16,18H2,1H3,(H,31,33). The van der Waals surface area contributed by atoms with Crippen LogP contribution in [0.4, 0.5) is 0 Å². The second kappa shape index (κ2) is 9.37. The van der Waals surface area contributed by atoms with E-state index in [-0.39, 0.29) is 5.91 Å². The van der Waals surface area contributed by atoms with Crippen LogP contribution in [0.15, 0.2) is 89.5 Å². The van der Waals surface area contributed by atoms with Crippen molar-refractivity contribution in [1.82, 2.24) is 15.6 Å². The van der Waals surface area contributed by atoms with Gasteiger partial charge in [0, 0.05) is 40.5 Å². The van der Waals surface area contributed by atoms with E-state index in [1.165, 1.54) is 0 Å². The number of rotatable bonds is 8. The van der Waals surface area contributed by atoms with Crippen molar-refractivity contribution in [2.24, 2.45) is 0 Å². The highest BCUT2D eigenvalue weighted by atomic mass is 35.5. The third-order valence-electron chi connectivity index (χ3n) is 6.19. The van der Waals surface area contributed by atoms with Crippen LogP contribution in [0.25, 0.3) is 21.9 Å². The summed E-state index contributed by atoms with van der Waals surface area (Å²) in [6.45, 7) is 2.76. The van der Waals surface area contributed by atoms with Crippen molar-refractivity contribution in [2.45, 2.75) is 32.0 Å². The van der Waals surface area contributed by atoms with Crippen LogP contribution < -0.4 is 10.6 Å². The Morgan fingerprint density at radius 2 is 1.82 bits per heavy atom. The van der Waals surface area contributed by atoms with Crippen molar-refractivity contribution in [2.75, 3.05) is 0 Å². The monoisotopic (exact) mass is 471 g/mol. The van der Waals surface area contributed by atoms with Crippen LogP contribution in [0.1, 0.15) is 23.8 Å². The zero-order valence-electron chi connectivity index (χ0n) is 18.9. The summed E-state index contributed by atoms with van der Waals surface area (Å²) < 4.78 is 5.98. The van der Waals surface area contributed by atoms with Gasteiger partial charge in [-0.05, 0) is 48.4 Å². The Kier molecular flexibility index (Phi) is 6.14. The minimum Gasteiger partial charge on any atom is -0.460 e. The molecule has 2 aromatic heterocycles. The maximum atomic E-state index is 13.5. The number of hydrogen-bond acceptors (Lipinski definition) is 3. The fourth-order valence-electron chi connectivity index (χ4n) is 4.31. The molecular formula is C28H26ClN3O2. The SMILES string of the molecule is CC(Cc1c[nH]c2ccccc12)(NCc1cc2ccccc2o1)C(=O)NCc1cccc(Cl)c1. The molecule has 0 bridgehead atoms. The van der Waals surface area contributed by atoms with E-state index in [2.05, 4.69) is 21.7 Å². The highest BCUT2D eigenvalue weighted by molar-refractivity contribution is 6.30. The summed E-state index contributed by atoms with van der Waals surface area (Å²) >= 11 is 6.11. The first-order valence-electron chi connectivity index (χ1n) is 11.3. The zero-order valence-corrected chi connectivity index (χ0v) is 19.7. The summed E-state index contributed by atoms with van der Waals surface area (Å²) in [6.07, 6.45) is 2.49. The van der Waals surface area contributed by atoms with Crippen LogP contribution in [0.5, 0.6) is 0 Å². The van der Waals surface area contributed by atoms with Crippen LogP contribution >= 0.6 is 11.6 Å². The van der Waals surface area contributed by atoms with Crippen LogP contribution in [-0.4, -0.2) is 16.4 Å². The molecule has 0 aliphatic rings. The largest absolute Gasteiger partial charge is 0.460 e. The van der Waals surface area contributed by atoms with E-state index < -0.39 is 5.54 Å². The number of H-pyrrole nitrogens is 1. The molecule has 3 aromatic carbocycles. The number of halogens is 1. The third-order valence-corrected chi connectivity index (χ3v) is 6.43. The van der Waals surface area contributed by atoms with Gasteiger partial charge in [0.15, 0.2) is 0 Å². The molecule has 0 spiro atoms. The van der Waals surface area contributed by atoms with Crippen LogP contribution in [0, 0.1) is 0 Å². The number of nitrogens with one attached hydrogen (secondary N) is 3. The molecule has 5 rings (SSSR count). The highest BCUT2D eigenvalue weighted by Gasteiger charge is 2.34. The summed E-state index contributed by atoms with van der Waals surface area (Å²) in [4.78, 5) is 16.8. The molecule has 0 saturated carbocycles. The van der Waals surface area contributed by atoms with Crippen molar-refractivity contribution >= 4 is 39.4 Å². The Morgan fingerprint density at radius 3 is 2.68 bits per heavy atom. The summed E-state index contributed by atoms with van der Waals surface area (Å²) in [5.74, 6) is 0.697. The molecule has 0 radical (unpaired) electrons. The number of benzene rings is 3. The summed E-state index contributed by atoms with van der Waals surface area (Å²) in [6, 6.07) is 25.6. The molecule has 1 amide bonds. The van der Waals surface area contributed by atoms with Crippen molar-refractivity contribution in [3.05, 3.63) is 107 Å². The molecule has 172 valence electrons. The Balaban J connectivity index is 1.39. The lowest BCUT2D eigenvalue weighted by molar-refractivity contribution is -0.127. The van der Waals surface area contributed by atoms with Crippen molar-refractivity contribution in [1.29, 1.82) is 0 Å². The van der Waals surface area contributed by atoms with Crippen molar-refractivity contribution in [3.8, 4) is 0 Å². The smallest absolute Gasteiger partial charge is 0.240 e. The fraction of sp³-hybridized carbons (Fsp3) is 0.179. The molecule has 6 heteroatoms. The summed E-state index contributed by atoms with van der Waals surface area (Å²) in [5.41, 5.74) is 3.04. The van der Waals surface area contributed by atoms with Crippen molar-refractivity contribution < 1.29 is 9.21 Å². The number of carbonyl (C=O) groups excluding carboxylic acids is 1. The number of carbonyl (C=O) groups is 1. The van der Waals surface area contributed by atoms with Gasteiger partial charge in [-0.15, -0.1) is 0 Å². The molecule has 3 N–H and O–H groups in total. The lowest BCUT2D eigenvalue weighted by atomic mass is 9.91. The average molecular weight is 472 g/mol. The minimum absolute atomic E-state index is 0.0890. The molecule has 2 heterocycles. The van der Waals surface area contributed by atoms with Crippen LogP contribution in [0.3, 0.4) is 0 Å². The molecule has 1 atom stereocenters. The molecule has 0 saturated heterocycles. The molecule has 0 aliphatic carbocycles. The van der Waals surface area contributed by atoms with Gasteiger partial charge in [0.1, 0.15) is 11.3 Å². The van der Waals surface area contributed by atoms with E-state index in [1.807, 2.05) is 85.9 Å². The maximum Gasteiger partial charge on any atom is 0.240 e. The normalized spacial score (nSPS) is 13.2. The van der Waals surface area contributed by atoms with Crippen LogP contribution in [0.2, 0.25) is 5.02 Å². The summed E-state index contributed by atoms with van der Waals surface area (Å²) in [7, 11) is 0. The molecule has 0 aliphatic heterocycles. The molecule has 34 heavy (non-hydrogen) atoms. The fourth-order valence-corrected chi connectivity index (χ4v) is 4.53. The first kappa shape index (κ1) is 22.3. The molecule has 1 unspecified atom stereocenters. The number of aromatic amines is 1. The predicted molar refractivity (Wildman–Crippen MR) is 137 cm³/mol. The van der Waals surface area contributed by atoms with E-state index >= 15 is 0 Å². The van der Waals surface area contributed by atoms with Crippen molar-refractivity contribution in [3.63, 3.8) is 0 Å². The first-order chi connectivity index (χ1) is 16.5. The van der Waals surface area contributed by atoms with Gasteiger partial charge in [-0.3, -0.25) is 10.1 Å². The van der Waals surface area contributed by atoms with Gasteiger partial charge in [0.05, 0.1) is 12.1 Å². The topological polar surface area (TPSA) is 70.1 Å². The van der Waals surface area contributed by atoms with Gasteiger partial charge in [-0.25, -0.2) is 0 Å². The number of furan rings is 1. The molecule has 5 nitrogen and oxygen atoms in total. The van der Waals surface area contributed by atoms with E-state index in [0.717, 1.165) is 38.8 Å². The van der Waals surface area contributed by atoms with Gasteiger partial charge in [0.25, 0.3) is 0 Å². The number of para-hydroxylation sites is 2. The zero-order chi connectivity index (χ0) is 23.5. The first-order valence-corrected chi connectivity index (χ1v) is 11.7. The summed E-state index contributed by atoms with van der Waals surface area (Å²) in [5, 5.41) is 9.37. The third kappa shape index (κ3) is 4.72. The van der Waals surface area contributed by atoms with E-state index in [1.54, 1.807) is 0 Å². The number of hydrogen-bond donors (Lipinski definition) is 3. The van der Waals surface area contributed by atoms with Gasteiger partial charge in [-0.1, -0.05) is 60.1 Å². The minimum atomic E-state index is -0.873.